The molecule has 1 unspecified atom stereocenters. The average Bonchev–Trinajstić information content (AvgIpc) is 2.52. The van der Waals surface area contributed by atoms with Gasteiger partial charge in [0.1, 0.15) is 17.3 Å². The molecule has 0 heterocycles. The van der Waals surface area contributed by atoms with Gasteiger partial charge in [0.25, 0.3) is 0 Å². The third-order valence-electron chi connectivity index (χ3n) is 4.20. The number of carbonyl (C=O) groups excluding carboxylic acids is 1. The number of Topliss-reactive ketones (excluding diaryl/α,β-unsaturated/α-hetero) is 1. The fourth-order valence-corrected chi connectivity index (χ4v) is 3.21. The first-order valence-corrected chi connectivity index (χ1v) is 7.54. The molecule has 116 valence electrons. The van der Waals surface area contributed by atoms with E-state index in [-0.39, 0.29) is 24.3 Å². The number of rotatable bonds is 4. The summed E-state index contributed by atoms with van der Waals surface area (Å²) in [4.78, 5) is 11.8. The van der Waals surface area contributed by atoms with Crippen molar-refractivity contribution in [2.24, 2.45) is 0 Å². The van der Waals surface area contributed by atoms with Crippen LogP contribution < -0.4 is 4.74 Å². The minimum atomic E-state index is -0.246. The van der Waals surface area contributed by atoms with Crippen molar-refractivity contribution in [1.82, 2.24) is 0 Å². The van der Waals surface area contributed by atoms with Gasteiger partial charge in [-0.05, 0) is 47.9 Å². The van der Waals surface area contributed by atoms with Crippen molar-refractivity contribution in [3.63, 3.8) is 0 Å². The molecular weight excluding hydrogens is 283 g/mol. The second-order valence-electron chi connectivity index (χ2n) is 5.73. The molecule has 3 nitrogen and oxygen atoms in total. The molecule has 0 spiro atoms. The highest BCUT2D eigenvalue weighted by Gasteiger charge is 2.24. The van der Waals surface area contributed by atoms with Gasteiger partial charge in [0.2, 0.25) is 0 Å². The molecule has 0 radical (unpaired) electrons. The van der Waals surface area contributed by atoms with Crippen LogP contribution in [0.2, 0.25) is 0 Å². The summed E-state index contributed by atoms with van der Waals surface area (Å²) in [5, 5.41) is 1.40. The Morgan fingerprint density at radius 1 is 1.32 bits per heavy atom. The number of fused-ring (bicyclic) bond motifs is 1. The third kappa shape index (κ3) is 2.97. The lowest BCUT2D eigenvalue weighted by atomic mass is 9.81. The Morgan fingerprint density at radius 2 is 2.18 bits per heavy atom. The van der Waals surface area contributed by atoms with E-state index in [0.29, 0.717) is 24.0 Å². The fraction of sp³-hybridized carbons (Fsp3) is 0.389. The largest absolute Gasteiger partial charge is 0.468 e. The van der Waals surface area contributed by atoms with E-state index in [2.05, 4.69) is 0 Å². The summed E-state index contributed by atoms with van der Waals surface area (Å²) in [5.41, 5.74) is 0.870. The van der Waals surface area contributed by atoms with Gasteiger partial charge >= 0.3 is 0 Å². The van der Waals surface area contributed by atoms with E-state index in [1.54, 1.807) is 13.2 Å². The van der Waals surface area contributed by atoms with Crippen molar-refractivity contribution in [2.75, 3.05) is 13.9 Å². The predicted molar refractivity (Wildman–Crippen MR) is 82.6 cm³/mol. The van der Waals surface area contributed by atoms with Crippen molar-refractivity contribution < 1.29 is 18.7 Å². The number of carbonyl (C=O) groups is 1. The smallest absolute Gasteiger partial charge is 0.188 e. The van der Waals surface area contributed by atoms with Gasteiger partial charge in [-0.2, -0.15) is 0 Å². The molecule has 0 aromatic heterocycles. The lowest BCUT2D eigenvalue weighted by molar-refractivity contribution is -0.120. The maximum absolute atomic E-state index is 14.3. The van der Waals surface area contributed by atoms with Gasteiger partial charge < -0.3 is 9.47 Å². The molecule has 1 aliphatic rings. The maximum atomic E-state index is 14.3. The van der Waals surface area contributed by atoms with Crippen LogP contribution >= 0.6 is 0 Å². The molecule has 0 N–H and O–H groups in total. The predicted octanol–water partition coefficient (Wildman–Crippen LogP) is 4.19. The topological polar surface area (TPSA) is 35.5 Å². The summed E-state index contributed by atoms with van der Waals surface area (Å²) in [6.07, 6.45) is 2.89. The van der Waals surface area contributed by atoms with Crippen molar-refractivity contribution in [1.29, 1.82) is 0 Å². The molecule has 1 atom stereocenters. The average molecular weight is 302 g/mol. The lowest BCUT2D eigenvalue weighted by Gasteiger charge is -2.23. The molecule has 4 heteroatoms. The van der Waals surface area contributed by atoms with E-state index < -0.39 is 0 Å². The van der Waals surface area contributed by atoms with E-state index >= 15 is 0 Å². The van der Waals surface area contributed by atoms with Gasteiger partial charge in [0.15, 0.2) is 6.79 Å². The first kappa shape index (κ1) is 15.0. The second-order valence-corrected chi connectivity index (χ2v) is 5.73. The van der Waals surface area contributed by atoms with E-state index in [4.69, 9.17) is 9.47 Å². The van der Waals surface area contributed by atoms with E-state index in [9.17, 15) is 9.18 Å². The summed E-state index contributed by atoms with van der Waals surface area (Å²) < 4.78 is 24.8. The molecule has 1 aliphatic carbocycles. The Kier molecular flexibility index (Phi) is 4.39. The number of hydrogen-bond acceptors (Lipinski definition) is 3. The van der Waals surface area contributed by atoms with E-state index in [0.717, 1.165) is 23.8 Å². The van der Waals surface area contributed by atoms with Crippen LogP contribution in [-0.4, -0.2) is 19.7 Å². The van der Waals surface area contributed by atoms with Crippen LogP contribution in [0.1, 0.15) is 37.2 Å². The number of ether oxygens (including phenoxy) is 2. The number of methoxy groups -OCH3 is 1. The zero-order valence-electron chi connectivity index (χ0n) is 12.6. The SMILES string of the molecule is COCOc1cc(C2CCCC(=O)C2)c2c(F)cccc2c1. The zero-order chi connectivity index (χ0) is 15.5. The summed E-state index contributed by atoms with van der Waals surface area (Å²) in [7, 11) is 1.56. The molecule has 0 saturated heterocycles. The molecule has 2 aromatic carbocycles. The van der Waals surface area contributed by atoms with Crippen molar-refractivity contribution in [3.8, 4) is 5.75 Å². The summed E-state index contributed by atoms with van der Waals surface area (Å²) in [5.74, 6) is 0.715. The molecule has 0 amide bonds. The highest BCUT2D eigenvalue weighted by Crippen LogP contribution is 2.38. The third-order valence-corrected chi connectivity index (χ3v) is 4.20. The summed E-state index contributed by atoms with van der Waals surface area (Å²) in [6, 6.07) is 8.69. The van der Waals surface area contributed by atoms with Crippen molar-refractivity contribution in [3.05, 3.63) is 41.7 Å². The van der Waals surface area contributed by atoms with Gasteiger partial charge in [0.05, 0.1) is 0 Å². The standard InChI is InChI=1S/C18H19FO3/c1-21-11-22-15-9-13-5-3-7-17(19)18(13)16(10-15)12-4-2-6-14(20)8-12/h3,5,7,9-10,12H,2,4,6,8,11H2,1H3. The Morgan fingerprint density at radius 3 is 2.95 bits per heavy atom. The minimum absolute atomic E-state index is 0.0618. The van der Waals surface area contributed by atoms with Gasteiger partial charge in [-0.25, -0.2) is 4.39 Å². The first-order valence-electron chi connectivity index (χ1n) is 7.54. The normalized spacial score (nSPS) is 18.6. The Labute approximate surface area is 129 Å². The van der Waals surface area contributed by atoms with E-state index in [1.807, 2.05) is 18.2 Å². The zero-order valence-corrected chi connectivity index (χ0v) is 12.6. The Balaban J connectivity index is 2.10. The van der Waals surface area contributed by atoms with Crippen molar-refractivity contribution in [2.45, 2.75) is 31.6 Å². The number of halogens is 1. The Bertz CT molecular complexity index is 696. The van der Waals surface area contributed by atoms with Crippen LogP contribution in [0, 0.1) is 5.82 Å². The van der Waals surface area contributed by atoms with Crippen LogP contribution in [-0.2, 0) is 9.53 Å². The van der Waals surface area contributed by atoms with Crippen LogP contribution in [0.5, 0.6) is 5.75 Å². The number of benzene rings is 2. The van der Waals surface area contributed by atoms with Crippen LogP contribution in [0.4, 0.5) is 4.39 Å². The molecule has 2 aromatic rings. The molecular formula is C18H19FO3. The maximum Gasteiger partial charge on any atom is 0.188 e. The minimum Gasteiger partial charge on any atom is -0.468 e. The van der Waals surface area contributed by atoms with Crippen molar-refractivity contribution >= 4 is 16.6 Å². The lowest BCUT2D eigenvalue weighted by Crippen LogP contribution is -2.14. The molecule has 1 fully saturated rings. The molecule has 1 saturated carbocycles. The molecule has 3 rings (SSSR count). The Hall–Kier alpha value is -1.94. The first-order chi connectivity index (χ1) is 10.7. The molecule has 0 bridgehead atoms. The van der Waals surface area contributed by atoms with Crippen LogP contribution in [0.15, 0.2) is 30.3 Å². The molecule has 22 heavy (non-hydrogen) atoms. The number of hydrogen-bond donors (Lipinski definition) is 0. The second kappa shape index (κ2) is 6.44. The molecule has 0 aliphatic heterocycles. The van der Waals surface area contributed by atoms with Gasteiger partial charge in [-0.1, -0.05) is 12.1 Å². The summed E-state index contributed by atoms with van der Waals surface area (Å²) in [6.45, 7) is 0.143. The van der Waals surface area contributed by atoms with Gasteiger partial charge in [-0.15, -0.1) is 0 Å². The van der Waals surface area contributed by atoms with Crippen LogP contribution in [0.25, 0.3) is 10.8 Å². The van der Waals surface area contributed by atoms with Gasteiger partial charge in [0, 0.05) is 25.3 Å². The van der Waals surface area contributed by atoms with Crippen LogP contribution in [0.3, 0.4) is 0 Å². The van der Waals surface area contributed by atoms with Gasteiger partial charge in [-0.3, -0.25) is 4.79 Å². The summed E-state index contributed by atoms with van der Waals surface area (Å²) >= 11 is 0. The fourth-order valence-electron chi connectivity index (χ4n) is 3.21. The highest BCUT2D eigenvalue weighted by atomic mass is 19.1. The quantitative estimate of drug-likeness (QED) is 0.794. The highest BCUT2D eigenvalue weighted by molar-refractivity contribution is 5.89. The monoisotopic (exact) mass is 302 g/mol. The number of ketones is 1. The van der Waals surface area contributed by atoms with E-state index in [1.165, 1.54) is 6.07 Å².